The number of sulfonamides is 1. The zero-order chi connectivity index (χ0) is 21.8. The molecular formula is C19H23N3O6S. The number of anilines is 2. The van der Waals surface area contributed by atoms with Crippen LogP contribution in [0.25, 0.3) is 0 Å². The lowest BCUT2D eigenvalue weighted by Crippen LogP contribution is -2.47. The maximum Gasteiger partial charge on any atom is 0.271 e. The van der Waals surface area contributed by atoms with Crippen LogP contribution in [0.4, 0.5) is 17.1 Å². The van der Waals surface area contributed by atoms with E-state index >= 15 is 0 Å². The van der Waals surface area contributed by atoms with E-state index in [1.54, 1.807) is 32.0 Å². The highest BCUT2D eigenvalue weighted by atomic mass is 32.2. The molecular weight excluding hydrogens is 398 g/mol. The number of rotatable bonds is 8. The van der Waals surface area contributed by atoms with Gasteiger partial charge in [0.1, 0.15) is 11.8 Å². The van der Waals surface area contributed by atoms with Gasteiger partial charge in [0.25, 0.3) is 5.69 Å². The van der Waals surface area contributed by atoms with Crippen molar-refractivity contribution in [1.29, 1.82) is 0 Å². The lowest BCUT2D eigenvalue weighted by atomic mass is 10.1. The van der Waals surface area contributed by atoms with Gasteiger partial charge < -0.3 is 10.1 Å². The van der Waals surface area contributed by atoms with Crippen molar-refractivity contribution in [3.8, 4) is 5.75 Å². The molecule has 2 aromatic rings. The number of amides is 1. The van der Waals surface area contributed by atoms with Gasteiger partial charge in [0, 0.05) is 18.2 Å². The van der Waals surface area contributed by atoms with Crippen LogP contribution < -0.4 is 14.4 Å². The molecule has 0 heterocycles. The summed E-state index contributed by atoms with van der Waals surface area (Å²) in [4.78, 5) is 23.4. The van der Waals surface area contributed by atoms with Gasteiger partial charge in [-0.25, -0.2) is 8.42 Å². The summed E-state index contributed by atoms with van der Waals surface area (Å²) in [5, 5.41) is 13.6. The number of carbonyl (C=O) groups is 1. The SMILES string of the molecule is CC[C@@H](C(=O)Nc1cc([N+](=O)[O-])ccc1C)N(c1cccc(OC)c1)S(C)(=O)=O. The molecule has 0 aliphatic heterocycles. The summed E-state index contributed by atoms with van der Waals surface area (Å²) in [5.41, 5.74) is 0.976. The second kappa shape index (κ2) is 8.91. The Hall–Kier alpha value is -3.14. The van der Waals surface area contributed by atoms with Crippen LogP contribution in [0.2, 0.25) is 0 Å². The van der Waals surface area contributed by atoms with Crippen molar-refractivity contribution in [3.05, 3.63) is 58.1 Å². The molecule has 1 amide bonds. The van der Waals surface area contributed by atoms with Crippen molar-refractivity contribution in [2.24, 2.45) is 0 Å². The highest BCUT2D eigenvalue weighted by Gasteiger charge is 2.32. The molecule has 2 aromatic carbocycles. The summed E-state index contributed by atoms with van der Waals surface area (Å²) in [6.07, 6.45) is 1.20. The van der Waals surface area contributed by atoms with Gasteiger partial charge in [-0.3, -0.25) is 19.2 Å². The molecule has 0 aliphatic rings. The monoisotopic (exact) mass is 421 g/mol. The van der Waals surface area contributed by atoms with Crippen LogP contribution in [0.15, 0.2) is 42.5 Å². The molecule has 0 unspecified atom stereocenters. The second-order valence-corrected chi connectivity index (χ2v) is 8.29. The molecule has 0 bridgehead atoms. The average molecular weight is 421 g/mol. The van der Waals surface area contributed by atoms with Gasteiger partial charge in [0.15, 0.2) is 0 Å². The van der Waals surface area contributed by atoms with E-state index in [4.69, 9.17) is 4.74 Å². The number of nitrogens with zero attached hydrogens (tertiary/aromatic N) is 2. The zero-order valence-corrected chi connectivity index (χ0v) is 17.4. The Bertz CT molecular complexity index is 1020. The standard InChI is InChI=1S/C19H23N3O6S/c1-5-18(19(23)20-17-12-15(22(24)25)10-9-13(17)2)21(29(4,26)27)14-7-6-8-16(11-14)28-3/h6-12,18H,5H2,1-4H3,(H,20,23)/t18-/m0/s1. The first-order chi connectivity index (χ1) is 13.6. The molecule has 0 aromatic heterocycles. The number of aryl methyl sites for hydroxylation is 1. The Labute approximate surface area is 169 Å². The van der Waals surface area contributed by atoms with Crippen LogP contribution in [-0.4, -0.2) is 38.7 Å². The molecule has 9 nitrogen and oxygen atoms in total. The number of nitro benzene ring substituents is 1. The lowest BCUT2D eigenvalue weighted by Gasteiger charge is -2.30. The fraction of sp³-hybridized carbons (Fsp3) is 0.316. The van der Waals surface area contributed by atoms with Crippen LogP contribution in [0.5, 0.6) is 5.75 Å². The number of methoxy groups -OCH3 is 1. The fourth-order valence-electron chi connectivity index (χ4n) is 2.88. The summed E-state index contributed by atoms with van der Waals surface area (Å²) in [6, 6.07) is 9.42. The molecule has 1 atom stereocenters. The highest BCUT2D eigenvalue weighted by Crippen LogP contribution is 2.28. The first-order valence-corrected chi connectivity index (χ1v) is 10.6. The molecule has 1 N–H and O–H groups in total. The van der Waals surface area contributed by atoms with Gasteiger partial charge in [-0.1, -0.05) is 19.1 Å². The van der Waals surface area contributed by atoms with E-state index in [0.29, 0.717) is 11.3 Å². The number of carbonyl (C=O) groups excluding carboxylic acids is 1. The Kier molecular flexibility index (Phi) is 6.80. The van der Waals surface area contributed by atoms with E-state index in [9.17, 15) is 23.3 Å². The predicted octanol–water partition coefficient (Wildman–Crippen LogP) is 3.10. The number of non-ortho nitro benzene ring substituents is 1. The van der Waals surface area contributed by atoms with E-state index in [0.717, 1.165) is 10.6 Å². The number of hydrogen-bond donors (Lipinski definition) is 1. The Morgan fingerprint density at radius 3 is 2.52 bits per heavy atom. The molecule has 0 radical (unpaired) electrons. The zero-order valence-electron chi connectivity index (χ0n) is 16.6. The predicted molar refractivity (Wildman–Crippen MR) is 111 cm³/mol. The van der Waals surface area contributed by atoms with Crippen LogP contribution in [0.1, 0.15) is 18.9 Å². The molecule has 10 heteroatoms. The molecule has 29 heavy (non-hydrogen) atoms. The Morgan fingerprint density at radius 1 is 1.28 bits per heavy atom. The third-order valence-electron chi connectivity index (χ3n) is 4.33. The molecule has 0 aliphatic carbocycles. The second-order valence-electron chi connectivity index (χ2n) is 6.43. The van der Waals surface area contributed by atoms with Gasteiger partial charge in [-0.2, -0.15) is 0 Å². The van der Waals surface area contributed by atoms with Crippen LogP contribution in [-0.2, 0) is 14.8 Å². The summed E-state index contributed by atoms with van der Waals surface area (Å²) >= 11 is 0. The van der Waals surface area contributed by atoms with E-state index in [1.807, 2.05) is 0 Å². The third kappa shape index (κ3) is 5.23. The van der Waals surface area contributed by atoms with Gasteiger partial charge in [-0.05, 0) is 31.0 Å². The van der Waals surface area contributed by atoms with E-state index in [-0.39, 0.29) is 23.5 Å². The van der Waals surface area contributed by atoms with Crippen molar-refractivity contribution in [2.75, 3.05) is 23.0 Å². The maximum absolute atomic E-state index is 13.0. The van der Waals surface area contributed by atoms with E-state index in [1.165, 1.54) is 31.4 Å². The average Bonchev–Trinajstić information content (AvgIpc) is 2.66. The molecule has 0 saturated heterocycles. The maximum atomic E-state index is 13.0. The van der Waals surface area contributed by atoms with E-state index in [2.05, 4.69) is 5.32 Å². The smallest absolute Gasteiger partial charge is 0.271 e. The number of nitrogens with one attached hydrogen (secondary N) is 1. The minimum Gasteiger partial charge on any atom is -0.497 e. The minimum absolute atomic E-state index is 0.174. The largest absolute Gasteiger partial charge is 0.497 e. The Morgan fingerprint density at radius 2 is 1.97 bits per heavy atom. The summed E-state index contributed by atoms with van der Waals surface area (Å²) in [6.45, 7) is 3.37. The summed E-state index contributed by atoms with van der Waals surface area (Å²) in [7, 11) is -2.36. The van der Waals surface area contributed by atoms with Gasteiger partial charge in [0.05, 0.1) is 29.7 Å². The van der Waals surface area contributed by atoms with Crippen LogP contribution >= 0.6 is 0 Å². The van der Waals surface area contributed by atoms with Gasteiger partial charge >= 0.3 is 0 Å². The van der Waals surface area contributed by atoms with Crippen molar-refractivity contribution < 1.29 is 22.9 Å². The summed E-state index contributed by atoms with van der Waals surface area (Å²) in [5.74, 6) is -0.148. The van der Waals surface area contributed by atoms with E-state index < -0.39 is 26.9 Å². The Balaban J connectivity index is 2.44. The first-order valence-electron chi connectivity index (χ1n) is 8.77. The molecule has 0 saturated carbocycles. The first kappa shape index (κ1) is 22.2. The van der Waals surface area contributed by atoms with Crippen LogP contribution in [0.3, 0.4) is 0 Å². The summed E-state index contributed by atoms with van der Waals surface area (Å²) < 4.78 is 31.2. The minimum atomic E-state index is -3.81. The van der Waals surface area contributed by atoms with Gasteiger partial charge in [-0.15, -0.1) is 0 Å². The normalized spacial score (nSPS) is 12.1. The topological polar surface area (TPSA) is 119 Å². The molecule has 0 spiro atoms. The molecule has 2 rings (SSSR count). The van der Waals surface area contributed by atoms with Crippen molar-refractivity contribution in [2.45, 2.75) is 26.3 Å². The van der Waals surface area contributed by atoms with Crippen molar-refractivity contribution in [1.82, 2.24) is 0 Å². The number of benzene rings is 2. The third-order valence-corrected chi connectivity index (χ3v) is 5.51. The fourth-order valence-corrected chi connectivity index (χ4v) is 4.09. The number of nitro groups is 1. The quantitative estimate of drug-likeness (QED) is 0.517. The number of ether oxygens (including phenoxy) is 1. The molecule has 0 fully saturated rings. The van der Waals surface area contributed by atoms with Crippen molar-refractivity contribution in [3.63, 3.8) is 0 Å². The number of hydrogen-bond acceptors (Lipinski definition) is 6. The molecule has 156 valence electrons. The van der Waals surface area contributed by atoms with Gasteiger partial charge in [0.2, 0.25) is 15.9 Å². The van der Waals surface area contributed by atoms with Crippen molar-refractivity contribution >= 4 is 33.0 Å². The van der Waals surface area contributed by atoms with Crippen LogP contribution in [0, 0.1) is 17.0 Å². The lowest BCUT2D eigenvalue weighted by molar-refractivity contribution is -0.384. The highest BCUT2D eigenvalue weighted by molar-refractivity contribution is 7.92.